The molecule has 0 aliphatic rings. The summed E-state index contributed by atoms with van der Waals surface area (Å²) in [4.78, 5) is 11.2. The SMILES string of the molecule is NNC(=O)c1cn(CCOCc2ccccc2F)nn1. The van der Waals surface area contributed by atoms with E-state index in [0.29, 0.717) is 18.7 Å². The zero-order valence-corrected chi connectivity index (χ0v) is 10.6. The van der Waals surface area contributed by atoms with Gasteiger partial charge in [0.15, 0.2) is 5.69 Å². The number of carbonyl (C=O) groups excluding carboxylic acids is 1. The largest absolute Gasteiger partial charge is 0.375 e. The first-order valence-corrected chi connectivity index (χ1v) is 5.93. The van der Waals surface area contributed by atoms with E-state index in [0.717, 1.165) is 0 Å². The number of ether oxygens (including phenoxy) is 1. The number of nitrogens with two attached hydrogens (primary N) is 1. The molecule has 1 aromatic carbocycles. The van der Waals surface area contributed by atoms with Crippen molar-refractivity contribution in [1.29, 1.82) is 0 Å². The molecule has 1 heterocycles. The standard InChI is InChI=1S/C12H14FN5O2/c13-10-4-2-1-3-9(10)8-20-6-5-18-7-11(16-17-18)12(19)15-14/h1-4,7H,5-6,8,14H2,(H,15,19). The monoisotopic (exact) mass is 279 g/mol. The van der Waals surface area contributed by atoms with Crippen LogP contribution < -0.4 is 11.3 Å². The number of nitrogens with one attached hydrogen (secondary N) is 1. The molecule has 0 aliphatic carbocycles. The number of nitrogen functional groups attached to an aromatic ring is 1. The van der Waals surface area contributed by atoms with Gasteiger partial charge in [-0.15, -0.1) is 5.10 Å². The van der Waals surface area contributed by atoms with Gasteiger partial charge in [-0.05, 0) is 6.07 Å². The number of amides is 1. The fraction of sp³-hybridized carbons (Fsp3) is 0.250. The molecular weight excluding hydrogens is 265 g/mol. The number of hydrazine groups is 1. The predicted octanol–water partition coefficient (Wildman–Crippen LogP) is 0.237. The third kappa shape index (κ3) is 3.59. The van der Waals surface area contributed by atoms with E-state index in [-0.39, 0.29) is 18.1 Å². The van der Waals surface area contributed by atoms with Crippen LogP contribution >= 0.6 is 0 Å². The lowest BCUT2D eigenvalue weighted by molar-refractivity contribution is 0.0948. The molecule has 8 heteroatoms. The second-order valence-corrected chi connectivity index (χ2v) is 3.98. The van der Waals surface area contributed by atoms with Crippen molar-refractivity contribution >= 4 is 5.91 Å². The summed E-state index contributed by atoms with van der Waals surface area (Å²) < 4.78 is 20.1. The molecule has 0 saturated heterocycles. The van der Waals surface area contributed by atoms with Crippen LogP contribution in [0.15, 0.2) is 30.5 Å². The molecule has 0 unspecified atom stereocenters. The van der Waals surface area contributed by atoms with Crippen LogP contribution in [-0.2, 0) is 17.9 Å². The third-order valence-electron chi connectivity index (χ3n) is 2.58. The molecule has 0 bridgehead atoms. The predicted molar refractivity (Wildman–Crippen MR) is 67.7 cm³/mol. The molecule has 106 valence electrons. The average Bonchev–Trinajstić information content (AvgIpc) is 2.93. The highest BCUT2D eigenvalue weighted by molar-refractivity contribution is 5.91. The fourth-order valence-electron chi connectivity index (χ4n) is 1.54. The van der Waals surface area contributed by atoms with Gasteiger partial charge >= 0.3 is 0 Å². The number of hydrogen-bond donors (Lipinski definition) is 2. The van der Waals surface area contributed by atoms with Crippen molar-refractivity contribution in [2.24, 2.45) is 5.84 Å². The Hall–Kier alpha value is -2.32. The fourth-order valence-corrected chi connectivity index (χ4v) is 1.54. The maximum absolute atomic E-state index is 13.3. The summed E-state index contributed by atoms with van der Waals surface area (Å²) in [5, 5.41) is 7.39. The average molecular weight is 279 g/mol. The highest BCUT2D eigenvalue weighted by atomic mass is 19.1. The lowest BCUT2D eigenvalue weighted by atomic mass is 10.2. The third-order valence-corrected chi connectivity index (χ3v) is 2.58. The van der Waals surface area contributed by atoms with Crippen LogP contribution in [-0.4, -0.2) is 27.5 Å². The van der Waals surface area contributed by atoms with Gasteiger partial charge in [0, 0.05) is 5.56 Å². The quantitative estimate of drug-likeness (QED) is 0.342. The van der Waals surface area contributed by atoms with Crippen LogP contribution in [0.2, 0.25) is 0 Å². The zero-order valence-electron chi connectivity index (χ0n) is 10.6. The molecule has 2 rings (SSSR count). The number of halogens is 1. The van der Waals surface area contributed by atoms with E-state index in [1.54, 1.807) is 18.2 Å². The summed E-state index contributed by atoms with van der Waals surface area (Å²) in [6, 6.07) is 6.41. The van der Waals surface area contributed by atoms with Crippen molar-refractivity contribution in [3.63, 3.8) is 0 Å². The summed E-state index contributed by atoms with van der Waals surface area (Å²) in [7, 11) is 0. The van der Waals surface area contributed by atoms with Crippen LogP contribution in [0.4, 0.5) is 4.39 Å². The van der Waals surface area contributed by atoms with Crippen molar-refractivity contribution in [1.82, 2.24) is 20.4 Å². The molecule has 1 amide bonds. The Morgan fingerprint density at radius 2 is 2.25 bits per heavy atom. The van der Waals surface area contributed by atoms with Gasteiger partial charge in [0.05, 0.1) is 26.0 Å². The second kappa shape index (κ2) is 6.73. The smallest absolute Gasteiger partial charge is 0.287 e. The Bertz CT molecular complexity index is 587. The Morgan fingerprint density at radius 3 is 3.00 bits per heavy atom. The van der Waals surface area contributed by atoms with E-state index in [1.807, 2.05) is 5.43 Å². The molecule has 7 nitrogen and oxygen atoms in total. The first-order chi connectivity index (χ1) is 9.70. The van der Waals surface area contributed by atoms with Crippen molar-refractivity contribution in [2.45, 2.75) is 13.2 Å². The molecule has 3 N–H and O–H groups in total. The lowest BCUT2D eigenvalue weighted by Crippen LogP contribution is -2.30. The van der Waals surface area contributed by atoms with E-state index in [1.165, 1.54) is 16.9 Å². The molecule has 0 aliphatic heterocycles. The topological polar surface area (TPSA) is 95.1 Å². The van der Waals surface area contributed by atoms with Crippen molar-refractivity contribution in [2.75, 3.05) is 6.61 Å². The number of hydrogen-bond acceptors (Lipinski definition) is 5. The van der Waals surface area contributed by atoms with Gasteiger partial charge in [0.25, 0.3) is 5.91 Å². The number of benzene rings is 1. The lowest BCUT2D eigenvalue weighted by Gasteiger charge is -2.05. The molecule has 0 radical (unpaired) electrons. The normalized spacial score (nSPS) is 10.5. The van der Waals surface area contributed by atoms with Crippen LogP contribution in [0.3, 0.4) is 0 Å². The van der Waals surface area contributed by atoms with Gasteiger partial charge in [-0.3, -0.25) is 10.2 Å². The Morgan fingerprint density at radius 1 is 1.45 bits per heavy atom. The minimum absolute atomic E-state index is 0.126. The van der Waals surface area contributed by atoms with E-state index in [4.69, 9.17) is 10.6 Å². The summed E-state index contributed by atoms with van der Waals surface area (Å²) in [6.45, 7) is 0.901. The summed E-state index contributed by atoms with van der Waals surface area (Å²) >= 11 is 0. The minimum atomic E-state index is -0.511. The van der Waals surface area contributed by atoms with Gasteiger partial charge in [-0.1, -0.05) is 23.4 Å². The summed E-state index contributed by atoms with van der Waals surface area (Å²) in [5.74, 6) is 4.17. The molecule has 1 aromatic heterocycles. The van der Waals surface area contributed by atoms with Crippen LogP contribution in [0.5, 0.6) is 0 Å². The highest BCUT2D eigenvalue weighted by Gasteiger charge is 2.08. The van der Waals surface area contributed by atoms with E-state index < -0.39 is 5.91 Å². The molecule has 20 heavy (non-hydrogen) atoms. The van der Waals surface area contributed by atoms with Crippen molar-refractivity contribution in [3.05, 3.63) is 47.5 Å². The second-order valence-electron chi connectivity index (χ2n) is 3.98. The van der Waals surface area contributed by atoms with Crippen molar-refractivity contribution < 1.29 is 13.9 Å². The number of aromatic nitrogens is 3. The summed E-state index contributed by atoms with van der Waals surface area (Å²) in [5.41, 5.74) is 2.58. The van der Waals surface area contributed by atoms with E-state index >= 15 is 0 Å². The van der Waals surface area contributed by atoms with Crippen LogP contribution in [0.25, 0.3) is 0 Å². The van der Waals surface area contributed by atoms with Gasteiger partial charge in [0.2, 0.25) is 0 Å². The van der Waals surface area contributed by atoms with Crippen molar-refractivity contribution in [3.8, 4) is 0 Å². The number of nitrogens with zero attached hydrogens (tertiary/aromatic N) is 3. The van der Waals surface area contributed by atoms with Gasteiger partial charge in [0.1, 0.15) is 5.82 Å². The Kier molecular flexibility index (Phi) is 4.75. The van der Waals surface area contributed by atoms with Gasteiger partial charge in [-0.2, -0.15) is 0 Å². The number of rotatable bonds is 6. The van der Waals surface area contributed by atoms with Gasteiger partial charge in [-0.25, -0.2) is 14.9 Å². The highest BCUT2D eigenvalue weighted by Crippen LogP contribution is 2.07. The Labute approximate surface area is 114 Å². The van der Waals surface area contributed by atoms with E-state index in [9.17, 15) is 9.18 Å². The van der Waals surface area contributed by atoms with Gasteiger partial charge < -0.3 is 4.74 Å². The first kappa shape index (κ1) is 14.1. The zero-order chi connectivity index (χ0) is 14.4. The van der Waals surface area contributed by atoms with E-state index in [2.05, 4.69) is 10.3 Å². The molecule has 0 fully saturated rings. The molecular formula is C12H14FN5O2. The van der Waals surface area contributed by atoms with Crippen LogP contribution in [0, 0.1) is 5.82 Å². The molecule has 0 spiro atoms. The molecule has 0 saturated carbocycles. The molecule has 0 atom stereocenters. The number of carbonyl (C=O) groups is 1. The van der Waals surface area contributed by atoms with Crippen LogP contribution in [0.1, 0.15) is 16.1 Å². The Balaban J connectivity index is 1.77. The maximum atomic E-state index is 13.3. The maximum Gasteiger partial charge on any atom is 0.287 e. The summed E-state index contributed by atoms with van der Waals surface area (Å²) in [6.07, 6.45) is 1.45. The minimum Gasteiger partial charge on any atom is -0.375 e. The molecule has 2 aromatic rings. The first-order valence-electron chi connectivity index (χ1n) is 5.93.